The molecular formula is C8Cl12. The molecule has 1 rings (SSSR count). The summed E-state index contributed by atoms with van der Waals surface area (Å²) in [6.45, 7) is 0. The molecule has 0 nitrogen and oxygen atoms in total. The molecule has 0 aromatic rings. The fraction of sp³-hybridized carbons (Fsp3) is 0.500. The van der Waals surface area contributed by atoms with Gasteiger partial charge in [-0.15, -0.1) is 11.6 Å². The van der Waals surface area contributed by atoms with Gasteiger partial charge in [-0.3, -0.25) is 0 Å². The smallest absolute Gasteiger partial charge is 0.106 e. The van der Waals surface area contributed by atoms with Crippen molar-refractivity contribution in [2.45, 2.75) is 16.8 Å². The van der Waals surface area contributed by atoms with E-state index in [0.29, 0.717) is 0 Å². The molecule has 1 aliphatic carbocycles. The van der Waals surface area contributed by atoms with Crippen LogP contribution in [0.15, 0.2) is 20.7 Å². The second-order valence-corrected chi connectivity index (χ2v) is 11.3. The summed E-state index contributed by atoms with van der Waals surface area (Å²) >= 11 is 70.2. The van der Waals surface area contributed by atoms with E-state index in [0.717, 1.165) is 0 Å². The average Bonchev–Trinajstić information content (AvgIpc) is 2.19. The lowest BCUT2D eigenvalue weighted by atomic mass is 9.73. The van der Waals surface area contributed by atoms with Crippen LogP contribution in [-0.4, -0.2) is 16.8 Å². The maximum Gasteiger partial charge on any atom is 0.226 e. The van der Waals surface area contributed by atoms with Crippen molar-refractivity contribution in [1.29, 1.82) is 0 Å². The lowest BCUT2D eigenvalue weighted by molar-refractivity contribution is 0.550. The van der Waals surface area contributed by atoms with Crippen LogP contribution >= 0.6 is 139 Å². The van der Waals surface area contributed by atoms with Gasteiger partial charge in [0.2, 0.25) is 7.59 Å². The van der Waals surface area contributed by atoms with Crippen LogP contribution in [0.4, 0.5) is 0 Å². The molecule has 20 heavy (non-hydrogen) atoms. The summed E-state index contributed by atoms with van der Waals surface area (Å²) in [6.07, 6.45) is 0. The van der Waals surface area contributed by atoms with Crippen LogP contribution in [-0.2, 0) is 0 Å². The van der Waals surface area contributed by atoms with Crippen LogP contribution in [0.25, 0.3) is 0 Å². The minimum absolute atomic E-state index is 0.135. The van der Waals surface area contributed by atoms with Gasteiger partial charge in [-0.25, -0.2) is 0 Å². The molecule has 1 fully saturated rings. The first-order chi connectivity index (χ1) is 8.60. The largest absolute Gasteiger partial charge is 0.226 e. The van der Waals surface area contributed by atoms with E-state index in [4.69, 9.17) is 139 Å². The lowest BCUT2D eigenvalue weighted by Gasteiger charge is -2.55. The van der Waals surface area contributed by atoms with E-state index in [1.165, 1.54) is 0 Å². The number of hydrogen-bond donors (Lipinski definition) is 0. The van der Waals surface area contributed by atoms with Gasteiger partial charge in [0.05, 0.1) is 5.03 Å². The van der Waals surface area contributed by atoms with E-state index >= 15 is 0 Å². The quantitative estimate of drug-likeness (QED) is 0.283. The molecule has 0 heterocycles. The number of hydrogen-bond acceptors (Lipinski definition) is 0. The van der Waals surface area contributed by atoms with Crippen LogP contribution in [0.5, 0.6) is 0 Å². The standard InChI is InChI=1S/C8Cl12/c9-3(7(15,16)17)1-2(4(10)11)5(12,6(1,13)14)8(18,19)20/b3-1+. The zero-order valence-electron chi connectivity index (χ0n) is 8.54. The van der Waals surface area contributed by atoms with Gasteiger partial charge in [-0.2, -0.15) is 0 Å². The van der Waals surface area contributed by atoms with Gasteiger partial charge in [0.1, 0.15) is 4.49 Å². The highest BCUT2D eigenvalue weighted by molar-refractivity contribution is 6.77. The molecule has 0 radical (unpaired) electrons. The Kier molecular flexibility index (Phi) is 6.67. The number of rotatable bonds is 0. The summed E-state index contributed by atoms with van der Waals surface area (Å²) in [5.74, 6) is 0. The van der Waals surface area contributed by atoms with Gasteiger partial charge in [0, 0.05) is 11.1 Å². The first-order valence-electron chi connectivity index (χ1n) is 4.27. The van der Waals surface area contributed by atoms with Crippen LogP contribution in [0.1, 0.15) is 0 Å². The first kappa shape index (κ1) is 21.0. The molecule has 0 aliphatic heterocycles. The highest BCUT2D eigenvalue weighted by Crippen LogP contribution is 2.72. The Labute approximate surface area is 175 Å². The molecule has 0 spiro atoms. The second-order valence-electron chi connectivity index (χ2n) is 3.55. The van der Waals surface area contributed by atoms with Crippen LogP contribution < -0.4 is 0 Å². The SMILES string of the molecule is ClC(Cl)=C1/C(=C(\Cl)C(Cl)(Cl)Cl)C(Cl)(Cl)C1(Cl)C(Cl)(Cl)Cl. The first-order valence-corrected chi connectivity index (χ1v) is 8.80. The molecule has 1 atom stereocenters. The molecule has 0 aromatic heterocycles. The zero-order valence-corrected chi connectivity index (χ0v) is 17.6. The predicted molar refractivity (Wildman–Crippen MR) is 95.2 cm³/mol. The van der Waals surface area contributed by atoms with Crippen molar-refractivity contribution < 1.29 is 0 Å². The second kappa shape index (κ2) is 6.36. The zero-order chi connectivity index (χ0) is 16.3. The topological polar surface area (TPSA) is 0 Å². The fourth-order valence-electron chi connectivity index (χ4n) is 1.53. The van der Waals surface area contributed by atoms with Gasteiger partial charge in [0.25, 0.3) is 0 Å². The number of allylic oxidation sites excluding steroid dienone is 3. The Morgan fingerprint density at radius 1 is 0.750 bits per heavy atom. The molecule has 0 bridgehead atoms. The third kappa shape index (κ3) is 3.22. The van der Waals surface area contributed by atoms with Gasteiger partial charge in [-0.1, -0.05) is 128 Å². The monoisotopic (exact) mass is 516 g/mol. The lowest BCUT2D eigenvalue weighted by Crippen LogP contribution is -2.64. The van der Waals surface area contributed by atoms with E-state index in [1.54, 1.807) is 0 Å². The summed E-state index contributed by atoms with van der Waals surface area (Å²) < 4.78 is -6.61. The molecule has 0 saturated heterocycles. The highest BCUT2D eigenvalue weighted by Gasteiger charge is 2.75. The van der Waals surface area contributed by atoms with Gasteiger partial charge < -0.3 is 0 Å². The van der Waals surface area contributed by atoms with Crippen molar-refractivity contribution in [3.8, 4) is 0 Å². The van der Waals surface area contributed by atoms with Crippen LogP contribution in [0.3, 0.4) is 0 Å². The molecular weight excluding hydrogens is 522 g/mol. The van der Waals surface area contributed by atoms with Crippen molar-refractivity contribution in [2.24, 2.45) is 0 Å². The van der Waals surface area contributed by atoms with Gasteiger partial charge >= 0.3 is 0 Å². The van der Waals surface area contributed by atoms with Gasteiger partial charge in [0.15, 0.2) is 9.21 Å². The van der Waals surface area contributed by atoms with E-state index in [9.17, 15) is 0 Å². The predicted octanol–water partition coefficient (Wildman–Crippen LogP) is 8.07. The number of halogens is 12. The van der Waals surface area contributed by atoms with Crippen molar-refractivity contribution >= 4 is 139 Å². The molecule has 1 aliphatic rings. The normalized spacial score (nSPS) is 29.1. The van der Waals surface area contributed by atoms with Crippen molar-refractivity contribution in [1.82, 2.24) is 0 Å². The van der Waals surface area contributed by atoms with Crippen molar-refractivity contribution in [2.75, 3.05) is 0 Å². The van der Waals surface area contributed by atoms with E-state index < -0.39 is 16.8 Å². The van der Waals surface area contributed by atoms with Crippen molar-refractivity contribution in [3.05, 3.63) is 20.7 Å². The van der Waals surface area contributed by atoms with Gasteiger partial charge in [-0.05, 0) is 0 Å². The Bertz CT molecular complexity index is 485. The summed E-state index contributed by atoms with van der Waals surface area (Å²) in [6, 6.07) is 0. The highest BCUT2D eigenvalue weighted by atomic mass is 35.6. The summed E-state index contributed by atoms with van der Waals surface area (Å²) in [5, 5.41) is -0.369. The molecule has 0 aromatic carbocycles. The molecule has 0 N–H and O–H groups in total. The molecule has 116 valence electrons. The van der Waals surface area contributed by atoms with Crippen LogP contribution in [0.2, 0.25) is 0 Å². The minimum Gasteiger partial charge on any atom is -0.106 e. The molecule has 1 unspecified atom stereocenters. The van der Waals surface area contributed by atoms with E-state index in [1.807, 2.05) is 0 Å². The minimum atomic E-state index is -2.17. The maximum atomic E-state index is 6.22. The fourth-order valence-corrected chi connectivity index (χ4v) is 4.85. The Hall–Kier alpha value is 2.96. The Morgan fingerprint density at radius 2 is 1.15 bits per heavy atom. The third-order valence-electron chi connectivity index (χ3n) is 2.39. The number of alkyl halides is 9. The summed E-state index contributed by atoms with van der Waals surface area (Å²) in [7, 11) is 0. The Balaban J connectivity index is 3.69. The summed E-state index contributed by atoms with van der Waals surface area (Å²) in [4.78, 5) is -1.99. The van der Waals surface area contributed by atoms with E-state index in [2.05, 4.69) is 0 Å². The third-order valence-corrected chi connectivity index (χ3v) is 7.13. The van der Waals surface area contributed by atoms with Crippen molar-refractivity contribution in [3.63, 3.8) is 0 Å². The Morgan fingerprint density at radius 3 is 1.40 bits per heavy atom. The van der Waals surface area contributed by atoms with Crippen LogP contribution in [0, 0.1) is 0 Å². The van der Waals surface area contributed by atoms with E-state index in [-0.39, 0.29) is 20.7 Å². The molecule has 12 heteroatoms. The maximum absolute atomic E-state index is 6.22. The molecule has 0 amide bonds. The molecule has 1 saturated carbocycles. The summed E-state index contributed by atoms with van der Waals surface area (Å²) in [5.41, 5.74) is -0.271. The average molecular weight is 522 g/mol.